The van der Waals surface area contributed by atoms with Crippen molar-refractivity contribution in [3.8, 4) is 0 Å². The van der Waals surface area contributed by atoms with Gasteiger partial charge in [0.05, 0.1) is 5.52 Å². The molecule has 1 fully saturated rings. The first-order chi connectivity index (χ1) is 6.78. The van der Waals surface area contributed by atoms with Gasteiger partial charge in [-0.15, -0.1) is 0 Å². The third-order valence-corrected chi connectivity index (χ3v) is 2.97. The van der Waals surface area contributed by atoms with E-state index in [2.05, 4.69) is 29.2 Å². The van der Waals surface area contributed by atoms with Crippen molar-refractivity contribution in [3.63, 3.8) is 0 Å². The highest BCUT2D eigenvalue weighted by Gasteiger charge is 2.39. The minimum absolute atomic E-state index is 0.0377. The fourth-order valence-electron chi connectivity index (χ4n) is 1.81. The van der Waals surface area contributed by atoms with Crippen LogP contribution in [0.5, 0.6) is 0 Å². The number of hydrogen-bond donors (Lipinski definition) is 1. The van der Waals surface area contributed by atoms with E-state index in [9.17, 15) is 0 Å². The third-order valence-electron chi connectivity index (χ3n) is 2.97. The molecule has 2 N–H and O–H groups in total. The number of nitrogens with two attached hydrogens (primary N) is 1. The van der Waals surface area contributed by atoms with Gasteiger partial charge in [0, 0.05) is 17.1 Å². The van der Waals surface area contributed by atoms with Crippen LogP contribution < -0.4 is 5.73 Å². The molecule has 1 saturated carbocycles. The summed E-state index contributed by atoms with van der Waals surface area (Å²) in [6.45, 7) is 0. The molecule has 1 aliphatic rings. The maximum atomic E-state index is 6.14. The Morgan fingerprint density at radius 1 is 1.21 bits per heavy atom. The highest BCUT2D eigenvalue weighted by Crippen LogP contribution is 2.43. The second kappa shape index (κ2) is 2.55. The highest BCUT2D eigenvalue weighted by molar-refractivity contribution is 5.79. The average molecular weight is 184 g/mol. The molecule has 1 heterocycles. The molecule has 1 aromatic heterocycles. The quantitative estimate of drug-likeness (QED) is 0.737. The molecule has 0 saturated heterocycles. The van der Waals surface area contributed by atoms with Crippen LogP contribution in [0, 0.1) is 0 Å². The van der Waals surface area contributed by atoms with Gasteiger partial charge < -0.3 is 5.73 Å². The molecular weight excluding hydrogens is 172 g/mol. The Balaban J connectivity index is 2.20. The fraction of sp³-hybridized carbons (Fsp3) is 0.250. The first-order valence-electron chi connectivity index (χ1n) is 4.92. The van der Waals surface area contributed by atoms with E-state index in [1.807, 2.05) is 12.3 Å². The summed E-state index contributed by atoms with van der Waals surface area (Å²) in [6.07, 6.45) is 4.04. The van der Waals surface area contributed by atoms with Gasteiger partial charge in [0.15, 0.2) is 0 Å². The maximum absolute atomic E-state index is 6.14. The highest BCUT2D eigenvalue weighted by atomic mass is 14.8. The van der Waals surface area contributed by atoms with Gasteiger partial charge in [-0.1, -0.05) is 12.1 Å². The van der Waals surface area contributed by atoms with Crippen LogP contribution in [-0.2, 0) is 5.54 Å². The zero-order valence-electron chi connectivity index (χ0n) is 7.90. The first-order valence-corrected chi connectivity index (χ1v) is 4.92. The van der Waals surface area contributed by atoms with Crippen molar-refractivity contribution < 1.29 is 0 Å². The van der Waals surface area contributed by atoms with E-state index >= 15 is 0 Å². The molecule has 14 heavy (non-hydrogen) atoms. The summed E-state index contributed by atoms with van der Waals surface area (Å²) < 4.78 is 0. The minimum atomic E-state index is -0.0377. The number of nitrogens with zero attached hydrogens (tertiary/aromatic N) is 1. The normalized spacial score (nSPS) is 18.4. The van der Waals surface area contributed by atoms with Gasteiger partial charge >= 0.3 is 0 Å². The third kappa shape index (κ3) is 1.11. The largest absolute Gasteiger partial charge is 0.321 e. The van der Waals surface area contributed by atoms with E-state index in [1.165, 1.54) is 10.9 Å². The van der Waals surface area contributed by atoms with Crippen LogP contribution in [0.1, 0.15) is 18.4 Å². The van der Waals surface area contributed by atoms with Crippen molar-refractivity contribution in [1.29, 1.82) is 0 Å². The van der Waals surface area contributed by atoms with E-state index in [0.29, 0.717) is 0 Å². The number of benzene rings is 1. The molecule has 0 bridgehead atoms. The summed E-state index contributed by atoms with van der Waals surface area (Å²) >= 11 is 0. The molecule has 0 spiro atoms. The Kier molecular flexibility index (Phi) is 1.45. The average Bonchev–Trinajstić information content (AvgIpc) is 2.97. The Hall–Kier alpha value is -1.41. The lowest BCUT2D eigenvalue weighted by Gasteiger charge is -2.09. The molecule has 0 aliphatic heterocycles. The van der Waals surface area contributed by atoms with Crippen molar-refractivity contribution >= 4 is 10.9 Å². The van der Waals surface area contributed by atoms with Crippen molar-refractivity contribution in [3.05, 3.63) is 42.1 Å². The van der Waals surface area contributed by atoms with Gasteiger partial charge in [-0.3, -0.25) is 4.98 Å². The van der Waals surface area contributed by atoms with E-state index in [4.69, 9.17) is 5.73 Å². The summed E-state index contributed by atoms with van der Waals surface area (Å²) in [5.74, 6) is 0. The van der Waals surface area contributed by atoms with Crippen LogP contribution in [0.2, 0.25) is 0 Å². The molecule has 3 rings (SSSR count). The van der Waals surface area contributed by atoms with Gasteiger partial charge in [-0.25, -0.2) is 0 Å². The summed E-state index contributed by atoms with van der Waals surface area (Å²) in [5, 5.41) is 1.18. The topological polar surface area (TPSA) is 38.9 Å². The molecule has 0 unspecified atom stereocenters. The van der Waals surface area contributed by atoms with Crippen LogP contribution in [0.4, 0.5) is 0 Å². The molecule has 2 aromatic rings. The number of hydrogen-bond acceptors (Lipinski definition) is 2. The monoisotopic (exact) mass is 184 g/mol. The van der Waals surface area contributed by atoms with E-state index < -0.39 is 0 Å². The van der Waals surface area contributed by atoms with Crippen LogP contribution in [0.25, 0.3) is 10.9 Å². The smallest absolute Gasteiger partial charge is 0.0702 e. The number of pyridine rings is 1. The summed E-state index contributed by atoms with van der Waals surface area (Å²) in [5.41, 5.74) is 8.39. The SMILES string of the molecule is NC1(c2ccc3ncccc3c2)CC1. The van der Waals surface area contributed by atoms with Gasteiger partial charge in [-0.2, -0.15) is 0 Å². The van der Waals surface area contributed by atoms with Crippen LogP contribution in [-0.4, -0.2) is 4.98 Å². The molecule has 70 valence electrons. The molecule has 0 atom stereocenters. The molecule has 2 heteroatoms. The van der Waals surface area contributed by atoms with E-state index in [0.717, 1.165) is 18.4 Å². The lowest BCUT2D eigenvalue weighted by molar-refractivity contribution is 0.741. The lowest BCUT2D eigenvalue weighted by Crippen LogP contribution is -2.18. The maximum Gasteiger partial charge on any atom is 0.0702 e. The number of rotatable bonds is 1. The standard InChI is InChI=1S/C12H12N2/c13-12(5-6-12)10-3-4-11-9(8-10)2-1-7-14-11/h1-4,7-8H,5-6,13H2. The Morgan fingerprint density at radius 2 is 2.07 bits per heavy atom. The molecule has 0 radical (unpaired) electrons. The Bertz CT molecular complexity index is 486. The molecular formula is C12H12N2. The van der Waals surface area contributed by atoms with Crippen molar-refractivity contribution in [2.75, 3.05) is 0 Å². The van der Waals surface area contributed by atoms with Gasteiger partial charge in [0.2, 0.25) is 0 Å². The Morgan fingerprint density at radius 3 is 2.86 bits per heavy atom. The second-order valence-electron chi connectivity index (χ2n) is 4.07. The minimum Gasteiger partial charge on any atom is -0.321 e. The summed E-state index contributed by atoms with van der Waals surface area (Å²) in [7, 11) is 0. The van der Waals surface area contributed by atoms with Crippen LogP contribution >= 0.6 is 0 Å². The first kappa shape index (κ1) is 7.94. The molecule has 2 nitrogen and oxygen atoms in total. The van der Waals surface area contributed by atoms with E-state index in [-0.39, 0.29) is 5.54 Å². The van der Waals surface area contributed by atoms with Crippen molar-refractivity contribution in [2.24, 2.45) is 5.73 Å². The zero-order chi connectivity index (χ0) is 9.60. The van der Waals surface area contributed by atoms with Crippen LogP contribution in [0.3, 0.4) is 0 Å². The predicted octanol–water partition coefficient (Wildman–Crippen LogP) is 2.18. The van der Waals surface area contributed by atoms with Gasteiger partial charge in [0.1, 0.15) is 0 Å². The zero-order valence-corrected chi connectivity index (χ0v) is 7.90. The number of aromatic nitrogens is 1. The summed E-state index contributed by atoms with van der Waals surface area (Å²) in [4.78, 5) is 4.28. The second-order valence-corrected chi connectivity index (χ2v) is 4.07. The van der Waals surface area contributed by atoms with Crippen LogP contribution in [0.15, 0.2) is 36.5 Å². The lowest BCUT2D eigenvalue weighted by atomic mass is 10.0. The van der Waals surface area contributed by atoms with Crippen molar-refractivity contribution in [1.82, 2.24) is 4.98 Å². The van der Waals surface area contributed by atoms with Gasteiger partial charge in [-0.05, 0) is 36.6 Å². The molecule has 1 aromatic carbocycles. The predicted molar refractivity (Wildman–Crippen MR) is 56.8 cm³/mol. The number of fused-ring (bicyclic) bond motifs is 1. The molecule has 1 aliphatic carbocycles. The Labute approximate surface area is 82.8 Å². The van der Waals surface area contributed by atoms with Gasteiger partial charge in [0.25, 0.3) is 0 Å². The summed E-state index contributed by atoms with van der Waals surface area (Å²) in [6, 6.07) is 10.4. The van der Waals surface area contributed by atoms with Crippen molar-refractivity contribution in [2.45, 2.75) is 18.4 Å². The molecule has 0 amide bonds. The fourth-order valence-corrected chi connectivity index (χ4v) is 1.81. The van der Waals surface area contributed by atoms with E-state index in [1.54, 1.807) is 0 Å².